The second kappa shape index (κ2) is 6.44. The third-order valence-electron chi connectivity index (χ3n) is 4.89. The van der Waals surface area contributed by atoms with Crippen LogP contribution in [0, 0.1) is 5.92 Å². The zero-order valence-electron chi connectivity index (χ0n) is 13.5. The van der Waals surface area contributed by atoms with Crippen molar-refractivity contribution >= 4 is 11.9 Å². The fraction of sp³-hybridized carbons (Fsp3) is 0.875. The summed E-state index contributed by atoms with van der Waals surface area (Å²) in [4.78, 5) is 26.5. The topological polar surface area (TPSA) is 70.7 Å². The minimum Gasteiger partial charge on any atom is -0.370 e. The Kier molecular flexibility index (Phi) is 4.57. The summed E-state index contributed by atoms with van der Waals surface area (Å²) < 4.78 is 5.88. The fourth-order valence-electron chi connectivity index (χ4n) is 3.83. The highest BCUT2D eigenvalue weighted by atomic mass is 16.5. The molecule has 3 fully saturated rings. The Morgan fingerprint density at radius 1 is 1.18 bits per heavy atom. The molecule has 0 aromatic rings. The van der Waals surface area contributed by atoms with Crippen LogP contribution in [0.1, 0.15) is 46.0 Å². The molecule has 6 nitrogen and oxygen atoms in total. The van der Waals surface area contributed by atoms with Crippen LogP contribution in [0.2, 0.25) is 0 Å². The molecule has 22 heavy (non-hydrogen) atoms. The number of carbonyl (C=O) groups is 2. The Bertz CT molecular complexity index is 434. The average Bonchev–Trinajstić information content (AvgIpc) is 3.05. The largest absolute Gasteiger partial charge is 0.370 e. The molecule has 0 spiro atoms. The summed E-state index contributed by atoms with van der Waals surface area (Å²) in [5.41, 5.74) is 0. The number of likely N-dealkylation sites (tertiary alicyclic amines) is 1. The number of urea groups is 1. The van der Waals surface area contributed by atoms with Crippen LogP contribution in [0.5, 0.6) is 0 Å². The minimum atomic E-state index is -0.160. The maximum atomic E-state index is 12.4. The summed E-state index contributed by atoms with van der Waals surface area (Å²) in [6, 6.07) is 0.470. The van der Waals surface area contributed by atoms with E-state index >= 15 is 0 Å². The van der Waals surface area contributed by atoms with Crippen LogP contribution in [0.15, 0.2) is 0 Å². The lowest BCUT2D eigenvalue weighted by molar-refractivity contribution is -0.128. The lowest BCUT2D eigenvalue weighted by Crippen LogP contribution is -2.52. The first kappa shape index (κ1) is 15.6. The van der Waals surface area contributed by atoms with Gasteiger partial charge in [-0.25, -0.2) is 4.79 Å². The maximum absolute atomic E-state index is 12.4. The number of rotatable bonds is 3. The van der Waals surface area contributed by atoms with Crippen LogP contribution < -0.4 is 10.6 Å². The zero-order valence-corrected chi connectivity index (χ0v) is 13.5. The Hall–Kier alpha value is -1.30. The summed E-state index contributed by atoms with van der Waals surface area (Å²) in [6.07, 6.45) is 5.14. The van der Waals surface area contributed by atoms with Gasteiger partial charge in [-0.2, -0.15) is 0 Å². The van der Waals surface area contributed by atoms with Crippen molar-refractivity contribution in [2.45, 2.75) is 70.2 Å². The van der Waals surface area contributed by atoms with Crippen molar-refractivity contribution < 1.29 is 14.3 Å². The van der Waals surface area contributed by atoms with Gasteiger partial charge in [0.1, 0.15) is 0 Å². The van der Waals surface area contributed by atoms with Crippen LogP contribution >= 0.6 is 0 Å². The number of morpholine rings is 1. The number of amides is 3. The maximum Gasteiger partial charge on any atom is 0.317 e. The van der Waals surface area contributed by atoms with Crippen molar-refractivity contribution in [2.75, 3.05) is 13.1 Å². The van der Waals surface area contributed by atoms with E-state index in [1.165, 1.54) is 12.8 Å². The molecule has 3 rings (SSSR count). The van der Waals surface area contributed by atoms with Crippen LogP contribution in [0.4, 0.5) is 4.79 Å². The monoisotopic (exact) mass is 309 g/mol. The molecule has 2 N–H and O–H groups in total. The first-order chi connectivity index (χ1) is 10.5. The predicted octanol–water partition coefficient (Wildman–Crippen LogP) is 1.25. The smallest absolute Gasteiger partial charge is 0.317 e. The molecule has 3 atom stereocenters. The number of ether oxygens (including phenoxy) is 1. The van der Waals surface area contributed by atoms with Gasteiger partial charge in [0.05, 0.1) is 18.1 Å². The number of hydrogen-bond acceptors (Lipinski definition) is 3. The van der Waals surface area contributed by atoms with Crippen LogP contribution in [0.3, 0.4) is 0 Å². The molecule has 2 heterocycles. The molecular formula is C16H27N3O3. The van der Waals surface area contributed by atoms with Gasteiger partial charge < -0.3 is 20.3 Å². The predicted molar refractivity (Wildman–Crippen MR) is 82.4 cm³/mol. The third kappa shape index (κ3) is 3.37. The van der Waals surface area contributed by atoms with Gasteiger partial charge in [0.15, 0.2) is 0 Å². The zero-order chi connectivity index (χ0) is 15.7. The van der Waals surface area contributed by atoms with Crippen LogP contribution in [-0.2, 0) is 9.53 Å². The molecule has 2 bridgehead atoms. The molecule has 0 aromatic heterocycles. The van der Waals surface area contributed by atoms with E-state index in [1.807, 2.05) is 18.7 Å². The Labute approximate surface area is 131 Å². The Morgan fingerprint density at radius 3 is 2.59 bits per heavy atom. The van der Waals surface area contributed by atoms with Gasteiger partial charge in [-0.15, -0.1) is 0 Å². The Morgan fingerprint density at radius 2 is 1.91 bits per heavy atom. The summed E-state index contributed by atoms with van der Waals surface area (Å²) in [5.74, 6) is -0.0720. The van der Waals surface area contributed by atoms with E-state index in [0.29, 0.717) is 19.1 Å². The number of nitrogens with zero attached hydrogens (tertiary/aromatic N) is 1. The first-order valence-electron chi connectivity index (χ1n) is 8.54. The van der Waals surface area contributed by atoms with Gasteiger partial charge in [-0.3, -0.25) is 4.79 Å². The molecule has 124 valence electrons. The number of hydrogen-bond donors (Lipinski definition) is 2. The Balaban J connectivity index is 1.55. The second-order valence-electron chi connectivity index (χ2n) is 7.14. The van der Waals surface area contributed by atoms with E-state index < -0.39 is 0 Å². The van der Waals surface area contributed by atoms with Crippen molar-refractivity contribution in [3.63, 3.8) is 0 Å². The van der Waals surface area contributed by atoms with Gasteiger partial charge in [0.25, 0.3) is 0 Å². The van der Waals surface area contributed by atoms with E-state index in [9.17, 15) is 9.59 Å². The normalized spacial score (nSPS) is 31.6. The van der Waals surface area contributed by atoms with Gasteiger partial charge in [-0.05, 0) is 33.1 Å². The average molecular weight is 309 g/mol. The standard InChI is InChI=1S/C16H27N3O3/c1-10(2)17-15(20)13-7-12-8-19(9-14(13)22-12)16(21)18-11-5-3-4-6-11/h10-14H,3-9H2,1-2H3,(H,17,20)(H,18,21)/t12-,13+,14-/m0/s1. The molecule has 2 aliphatic heterocycles. The van der Waals surface area contributed by atoms with E-state index in [-0.39, 0.29) is 36.1 Å². The number of nitrogens with one attached hydrogen (secondary N) is 2. The van der Waals surface area contributed by atoms with Gasteiger partial charge in [0.2, 0.25) is 5.91 Å². The van der Waals surface area contributed by atoms with Crippen LogP contribution in [-0.4, -0.2) is 54.2 Å². The van der Waals surface area contributed by atoms with Gasteiger partial charge in [-0.1, -0.05) is 12.8 Å². The van der Waals surface area contributed by atoms with Gasteiger partial charge in [0, 0.05) is 25.2 Å². The van der Waals surface area contributed by atoms with Crippen molar-refractivity contribution in [1.29, 1.82) is 0 Å². The molecule has 2 saturated heterocycles. The highest BCUT2D eigenvalue weighted by Gasteiger charge is 2.45. The van der Waals surface area contributed by atoms with E-state index in [2.05, 4.69) is 10.6 Å². The molecule has 0 radical (unpaired) electrons. The number of fused-ring (bicyclic) bond motifs is 2. The molecule has 0 aromatic carbocycles. The SMILES string of the molecule is CC(C)NC(=O)[C@@H]1C[C@H]2CN(C(=O)NC3CCCC3)C[C@@H]1O2. The lowest BCUT2D eigenvalue weighted by atomic mass is 9.99. The summed E-state index contributed by atoms with van der Waals surface area (Å²) in [6.45, 7) is 5.04. The molecule has 3 amide bonds. The van der Waals surface area contributed by atoms with Crippen molar-refractivity contribution in [3.05, 3.63) is 0 Å². The fourth-order valence-corrected chi connectivity index (χ4v) is 3.83. The molecule has 6 heteroatoms. The number of carbonyl (C=O) groups excluding carboxylic acids is 2. The molecule has 1 aliphatic carbocycles. The molecule has 0 unspecified atom stereocenters. The summed E-state index contributed by atoms with van der Waals surface area (Å²) in [7, 11) is 0. The van der Waals surface area contributed by atoms with Crippen molar-refractivity contribution in [2.24, 2.45) is 5.92 Å². The molecule has 3 aliphatic rings. The molecular weight excluding hydrogens is 282 g/mol. The minimum absolute atomic E-state index is 0.00371. The molecule has 1 saturated carbocycles. The summed E-state index contributed by atoms with van der Waals surface area (Å²) >= 11 is 0. The lowest BCUT2D eigenvalue weighted by Gasteiger charge is -2.33. The van der Waals surface area contributed by atoms with Crippen LogP contribution in [0.25, 0.3) is 0 Å². The third-order valence-corrected chi connectivity index (χ3v) is 4.89. The van der Waals surface area contributed by atoms with Crippen molar-refractivity contribution in [1.82, 2.24) is 15.5 Å². The van der Waals surface area contributed by atoms with Gasteiger partial charge >= 0.3 is 6.03 Å². The van der Waals surface area contributed by atoms with E-state index in [1.54, 1.807) is 0 Å². The van der Waals surface area contributed by atoms with Crippen molar-refractivity contribution in [3.8, 4) is 0 Å². The summed E-state index contributed by atoms with van der Waals surface area (Å²) in [5, 5.41) is 6.09. The highest BCUT2D eigenvalue weighted by Crippen LogP contribution is 2.32. The quantitative estimate of drug-likeness (QED) is 0.824. The first-order valence-corrected chi connectivity index (χ1v) is 8.54. The van der Waals surface area contributed by atoms with E-state index in [0.717, 1.165) is 19.3 Å². The van der Waals surface area contributed by atoms with E-state index in [4.69, 9.17) is 4.74 Å². The highest BCUT2D eigenvalue weighted by molar-refractivity contribution is 5.80. The second-order valence-corrected chi connectivity index (χ2v) is 7.14.